The molecule has 1 aromatic heterocycles. The number of nitrogens with one attached hydrogen (secondary N) is 1. The molecule has 0 aliphatic heterocycles. The number of hydrogen-bond acceptors (Lipinski definition) is 3. The second-order valence-corrected chi connectivity index (χ2v) is 5.28. The van der Waals surface area contributed by atoms with Gasteiger partial charge in [-0.05, 0) is 30.9 Å². The predicted octanol–water partition coefficient (Wildman–Crippen LogP) is 2.84. The summed E-state index contributed by atoms with van der Waals surface area (Å²) >= 11 is 0. The molecule has 0 radical (unpaired) electrons. The first-order chi connectivity index (χ1) is 9.20. The SMILES string of the molecule is CCC1CCCCC1NCc1ccc(C(=O)O)cn1. The molecule has 0 bridgehead atoms. The van der Waals surface area contributed by atoms with Crippen LogP contribution in [0.5, 0.6) is 0 Å². The van der Waals surface area contributed by atoms with Crippen LogP contribution in [-0.2, 0) is 6.54 Å². The molecule has 104 valence electrons. The van der Waals surface area contributed by atoms with E-state index in [4.69, 9.17) is 5.11 Å². The first-order valence-electron chi connectivity index (χ1n) is 7.12. The first kappa shape index (κ1) is 14.0. The quantitative estimate of drug-likeness (QED) is 0.856. The van der Waals surface area contributed by atoms with Crippen molar-refractivity contribution in [2.75, 3.05) is 0 Å². The highest BCUT2D eigenvalue weighted by molar-refractivity contribution is 5.87. The van der Waals surface area contributed by atoms with Crippen LogP contribution in [0.3, 0.4) is 0 Å². The lowest BCUT2D eigenvalue weighted by atomic mass is 9.83. The summed E-state index contributed by atoms with van der Waals surface area (Å²) in [6.45, 7) is 2.98. The Balaban J connectivity index is 1.88. The van der Waals surface area contributed by atoms with Crippen LogP contribution in [0.1, 0.15) is 55.1 Å². The summed E-state index contributed by atoms with van der Waals surface area (Å²) in [5.41, 5.74) is 1.15. The summed E-state index contributed by atoms with van der Waals surface area (Å²) < 4.78 is 0. The van der Waals surface area contributed by atoms with Gasteiger partial charge in [0, 0.05) is 18.8 Å². The molecule has 1 saturated carbocycles. The minimum Gasteiger partial charge on any atom is -0.478 e. The van der Waals surface area contributed by atoms with Crippen molar-refractivity contribution in [1.82, 2.24) is 10.3 Å². The highest BCUT2D eigenvalue weighted by Crippen LogP contribution is 2.26. The van der Waals surface area contributed by atoms with Gasteiger partial charge in [-0.15, -0.1) is 0 Å². The summed E-state index contributed by atoms with van der Waals surface area (Å²) in [6.07, 6.45) is 7.87. The number of aromatic nitrogens is 1. The molecule has 19 heavy (non-hydrogen) atoms. The van der Waals surface area contributed by atoms with Crippen LogP contribution in [0.25, 0.3) is 0 Å². The fraction of sp³-hybridized carbons (Fsp3) is 0.600. The lowest BCUT2D eigenvalue weighted by molar-refractivity contribution is 0.0696. The Kier molecular flexibility index (Phi) is 4.91. The fourth-order valence-corrected chi connectivity index (χ4v) is 2.86. The number of pyridine rings is 1. The Labute approximate surface area is 114 Å². The molecule has 2 atom stereocenters. The zero-order valence-corrected chi connectivity index (χ0v) is 11.4. The van der Waals surface area contributed by atoms with E-state index in [0.29, 0.717) is 6.04 Å². The summed E-state index contributed by atoms with van der Waals surface area (Å²) in [6, 6.07) is 3.99. The molecular formula is C15H22N2O2. The van der Waals surface area contributed by atoms with Crippen molar-refractivity contribution in [3.8, 4) is 0 Å². The van der Waals surface area contributed by atoms with Gasteiger partial charge in [-0.3, -0.25) is 4.98 Å². The molecule has 0 spiro atoms. The molecule has 1 aromatic rings. The monoisotopic (exact) mass is 262 g/mol. The molecule has 2 rings (SSSR count). The van der Waals surface area contributed by atoms with Gasteiger partial charge in [0.05, 0.1) is 11.3 Å². The molecule has 0 aromatic carbocycles. The predicted molar refractivity (Wildman–Crippen MR) is 74.1 cm³/mol. The van der Waals surface area contributed by atoms with Crippen LogP contribution in [0, 0.1) is 5.92 Å². The van der Waals surface area contributed by atoms with Crippen molar-refractivity contribution in [1.29, 1.82) is 0 Å². The number of carbonyl (C=O) groups is 1. The van der Waals surface area contributed by atoms with Gasteiger partial charge >= 0.3 is 5.97 Å². The third kappa shape index (κ3) is 3.77. The lowest BCUT2D eigenvalue weighted by Gasteiger charge is -2.31. The zero-order valence-electron chi connectivity index (χ0n) is 11.4. The number of aromatic carboxylic acids is 1. The average molecular weight is 262 g/mol. The van der Waals surface area contributed by atoms with Crippen LogP contribution in [-0.4, -0.2) is 22.1 Å². The number of carboxylic acids is 1. The van der Waals surface area contributed by atoms with E-state index >= 15 is 0 Å². The molecule has 0 amide bonds. The maximum Gasteiger partial charge on any atom is 0.337 e. The first-order valence-corrected chi connectivity index (χ1v) is 7.12. The van der Waals surface area contributed by atoms with Gasteiger partial charge in [-0.2, -0.15) is 0 Å². The van der Waals surface area contributed by atoms with Gasteiger partial charge in [0.1, 0.15) is 0 Å². The maximum absolute atomic E-state index is 10.7. The number of hydrogen-bond donors (Lipinski definition) is 2. The van der Waals surface area contributed by atoms with E-state index in [1.54, 1.807) is 12.1 Å². The molecule has 4 nitrogen and oxygen atoms in total. The Morgan fingerprint density at radius 3 is 2.84 bits per heavy atom. The van der Waals surface area contributed by atoms with Gasteiger partial charge in [0.25, 0.3) is 0 Å². The van der Waals surface area contributed by atoms with E-state index < -0.39 is 5.97 Å². The van der Waals surface area contributed by atoms with Crippen molar-refractivity contribution in [3.05, 3.63) is 29.6 Å². The van der Waals surface area contributed by atoms with Crippen LogP contribution >= 0.6 is 0 Å². The third-order valence-electron chi connectivity index (χ3n) is 4.05. The fourth-order valence-electron chi connectivity index (χ4n) is 2.86. The van der Waals surface area contributed by atoms with Crippen molar-refractivity contribution in [2.24, 2.45) is 5.92 Å². The highest BCUT2D eigenvalue weighted by atomic mass is 16.4. The van der Waals surface area contributed by atoms with E-state index in [1.807, 2.05) is 0 Å². The highest BCUT2D eigenvalue weighted by Gasteiger charge is 2.22. The van der Waals surface area contributed by atoms with Crippen LogP contribution < -0.4 is 5.32 Å². The van der Waals surface area contributed by atoms with Crippen molar-refractivity contribution in [3.63, 3.8) is 0 Å². The number of carboxylic acid groups (broad SMARTS) is 1. The largest absolute Gasteiger partial charge is 0.478 e. The summed E-state index contributed by atoms with van der Waals surface area (Å²) in [5.74, 6) is -0.155. The molecule has 1 aliphatic carbocycles. The Morgan fingerprint density at radius 2 is 2.21 bits per heavy atom. The van der Waals surface area contributed by atoms with Gasteiger partial charge in [-0.25, -0.2) is 4.79 Å². The molecular weight excluding hydrogens is 240 g/mol. The number of rotatable bonds is 5. The van der Waals surface area contributed by atoms with Crippen molar-refractivity contribution in [2.45, 2.75) is 51.6 Å². The van der Waals surface area contributed by atoms with Crippen molar-refractivity contribution < 1.29 is 9.90 Å². The van der Waals surface area contributed by atoms with Gasteiger partial charge < -0.3 is 10.4 Å². The normalized spacial score (nSPS) is 23.2. The number of nitrogens with zero attached hydrogens (tertiary/aromatic N) is 1. The maximum atomic E-state index is 10.7. The van der Waals surface area contributed by atoms with Crippen LogP contribution in [0.15, 0.2) is 18.3 Å². The molecule has 2 N–H and O–H groups in total. The van der Waals surface area contributed by atoms with Gasteiger partial charge in [0.2, 0.25) is 0 Å². The molecule has 4 heteroatoms. The Bertz CT molecular complexity index is 417. The standard InChI is InChI=1S/C15H22N2O2/c1-2-11-5-3-4-6-14(11)17-10-13-8-7-12(9-16-13)15(18)19/h7-9,11,14,17H,2-6,10H2,1H3,(H,18,19). The second kappa shape index (κ2) is 6.66. The Morgan fingerprint density at radius 1 is 1.42 bits per heavy atom. The van der Waals surface area contributed by atoms with E-state index in [-0.39, 0.29) is 5.56 Å². The minimum absolute atomic E-state index is 0.243. The molecule has 1 aliphatic rings. The summed E-state index contributed by atoms with van der Waals surface area (Å²) in [4.78, 5) is 14.9. The van der Waals surface area contributed by atoms with Crippen LogP contribution in [0.2, 0.25) is 0 Å². The topological polar surface area (TPSA) is 62.2 Å². The summed E-state index contributed by atoms with van der Waals surface area (Å²) in [7, 11) is 0. The third-order valence-corrected chi connectivity index (χ3v) is 4.05. The second-order valence-electron chi connectivity index (χ2n) is 5.28. The molecule has 1 fully saturated rings. The van der Waals surface area contributed by atoms with Gasteiger partial charge in [0.15, 0.2) is 0 Å². The van der Waals surface area contributed by atoms with Gasteiger partial charge in [-0.1, -0.05) is 26.2 Å². The summed E-state index contributed by atoms with van der Waals surface area (Å²) in [5, 5.41) is 12.4. The zero-order chi connectivity index (χ0) is 13.7. The minimum atomic E-state index is -0.926. The lowest BCUT2D eigenvalue weighted by Crippen LogP contribution is -2.38. The molecule has 2 unspecified atom stereocenters. The average Bonchev–Trinajstić information content (AvgIpc) is 2.45. The molecule has 1 heterocycles. The van der Waals surface area contributed by atoms with E-state index in [2.05, 4.69) is 17.2 Å². The Hall–Kier alpha value is -1.42. The molecule has 0 saturated heterocycles. The van der Waals surface area contributed by atoms with E-state index in [0.717, 1.165) is 18.2 Å². The smallest absolute Gasteiger partial charge is 0.337 e. The van der Waals surface area contributed by atoms with Crippen LogP contribution in [0.4, 0.5) is 0 Å². The van der Waals surface area contributed by atoms with E-state index in [1.165, 1.54) is 38.3 Å². The van der Waals surface area contributed by atoms with Crippen molar-refractivity contribution >= 4 is 5.97 Å². The van der Waals surface area contributed by atoms with E-state index in [9.17, 15) is 4.79 Å².